The second kappa shape index (κ2) is 9.28. The number of ether oxygens (including phenoxy) is 3. The molecule has 0 aromatic heterocycles. The normalized spacial score (nSPS) is 17.9. The van der Waals surface area contributed by atoms with Crippen molar-refractivity contribution in [3.05, 3.63) is 65.2 Å². The molecule has 0 saturated carbocycles. The highest BCUT2D eigenvalue weighted by Crippen LogP contribution is 2.39. The molecule has 1 N–H and O–H groups in total. The van der Waals surface area contributed by atoms with Crippen molar-refractivity contribution in [2.45, 2.75) is 25.2 Å². The number of fused-ring (bicyclic) bond motifs is 1. The van der Waals surface area contributed by atoms with Gasteiger partial charge in [0.25, 0.3) is 5.91 Å². The summed E-state index contributed by atoms with van der Waals surface area (Å²) in [6, 6.07) is 14.9. The highest BCUT2D eigenvalue weighted by molar-refractivity contribution is 6.06. The van der Waals surface area contributed by atoms with E-state index in [4.69, 9.17) is 14.2 Å². The van der Waals surface area contributed by atoms with E-state index < -0.39 is 11.8 Å². The van der Waals surface area contributed by atoms with Crippen molar-refractivity contribution in [2.24, 2.45) is 0 Å². The first-order valence-corrected chi connectivity index (χ1v) is 9.84. The molecule has 2 amide bonds. The lowest BCUT2D eigenvalue weighted by Gasteiger charge is -2.36. The first-order chi connectivity index (χ1) is 14.5. The van der Waals surface area contributed by atoms with Gasteiger partial charge in [-0.15, -0.1) is 0 Å². The molecule has 30 heavy (non-hydrogen) atoms. The number of methoxy groups -OCH3 is 3. The summed E-state index contributed by atoms with van der Waals surface area (Å²) in [7, 11) is 4.64. The summed E-state index contributed by atoms with van der Waals surface area (Å²) in [5.74, 6) is 0.317. The molecule has 0 spiro atoms. The predicted octanol–water partition coefficient (Wildman–Crippen LogP) is 2.34. The van der Waals surface area contributed by atoms with Crippen LogP contribution in [0.15, 0.2) is 48.5 Å². The van der Waals surface area contributed by atoms with Gasteiger partial charge in [0.15, 0.2) is 6.29 Å². The van der Waals surface area contributed by atoms with Crippen molar-refractivity contribution in [3.8, 4) is 5.75 Å². The van der Waals surface area contributed by atoms with Crippen LogP contribution in [0.25, 0.3) is 0 Å². The number of carbonyl (C=O) groups excluding carboxylic acids is 2. The van der Waals surface area contributed by atoms with Crippen molar-refractivity contribution >= 4 is 11.8 Å². The van der Waals surface area contributed by atoms with Crippen LogP contribution in [0.5, 0.6) is 5.75 Å². The van der Waals surface area contributed by atoms with Crippen LogP contribution in [-0.4, -0.2) is 57.4 Å². The van der Waals surface area contributed by atoms with E-state index in [1.165, 1.54) is 19.1 Å². The summed E-state index contributed by atoms with van der Waals surface area (Å²) in [6.45, 7) is 2.31. The second-order valence-electron chi connectivity index (χ2n) is 7.25. The van der Waals surface area contributed by atoms with E-state index in [-0.39, 0.29) is 18.4 Å². The summed E-state index contributed by atoms with van der Waals surface area (Å²) in [6.07, 6.45) is -0.0239. The molecule has 0 bridgehead atoms. The smallest absolute Gasteiger partial charge is 0.255 e. The Balaban J connectivity index is 1.82. The third-order valence-electron chi connectivity index (χ3n) is 5.64. The Kier molecular flexibility index (Phi) is 6.74. The van der Waals surface area contributed by atoms with Gasteiger partial charge in [-0.05, 0) is 36.6 Å². The minimum atomic E-state index is -1.16. The topological polar surface area (TPSA) is 77.1 Å². The molecule has 1 atom stereocenters. The molecule has 2 aromatic rings. The third-order valence-corrected chi connectivity index (χ3v) is 5.64. The maximum Gasteiger partial charge on any atom is 0.255 e. The van der Waals surface area contributed by atoms with Crippen molar-refractivity contribution < 1.29 is 23.8 Å². The number of hydrogen-bond acceptors (Lipinski definition) is 5. The minimum absolute atomic E-state index is 0.136. The van der Waals surface area contributed by atoms with Gasteiger partial charge in [0, 0.05) is 26.3 Å². The predicted molar refractivity (Wildman–Crippen MR) is 112 cm³/mol. The van der Waals surface area contributed by atoms with Crippen LogP contribution in [0.3, 0.4) is 0 Å². The van der Waals surface area contributed by atoms with E-state index in [0.29, 0.717) is 24.1 Å². The van der Waals surface area contributed by atoms with Crippen LogP contribution in [0.4, 0.5) is 0 Å². The van der Waals surface area contributed by atoms with E-state index in [1.807, 2.05) is 36.4 Å². The Hall–Kier alpha value is -2.90. The molecule has 7 nitrogen and oxygen atoms in total. The fourth-order valence-corrected chi connectivity index (χ4v) is 3.89. The summed E-state index contributed by atoms with van der Waals surface area (Å²) in [4.78, 5) is 28.0. The van der Waals surface area contributed by atoms with Crippen LogP contribution in [0, 0.1) is 0 Å². The molecule has 7 heteroatoms. The number of nitrogens with zero attached hydrogens (tertiary/aromatic N) is 1. The van der Waals surface area contributed by atoms with Crippen LogP contribution >= 0.6 is 0 Å². The van der Waals surface area contributed by atoms with E-state index in [0.717, 1.165) is 11.3 Å². The fraction of sp³-hybridized carbons (Fsp3) is 0.391. The molecule has 1 heterocycles. The lowest BCUT2D eigenvalue weighted by atomic mass is 9.90. The average molecular weight is 412 g/mol. The largest absolute Gasteiger partial charge is 0.496 e. The van der Waals surface area contributed by atoms with E-state index in [2.05, 4.69) is 5.32 Å². The molecule has 160 valence electrons. The van der Waals surface area contributed by atoms with Crippen LogP contribution in [-0.2, 0) is 26.2 Å². The summed E-state index contributed by atoms with van der Waals surface area (Å²) in [5, 5.41) is 3.00. The van der Waals surface area contributed by atoms with Crippen molar-refractivity contribution in [2.75, 3.05) is 34.4 Å². The molecule has 0 saturated heterocycles. The van der Waals surface area contributed by atoms with Crippen molar-refractivity contribution in [1.82, 2.24) is 10.2 Å². The summed E-state index contributed by atoms with van der Waals surface area (Å²) >= 11 is 0. The molecule has 1 aliphatic heterocycles. The maximum atomic E-state index is 13.4. The third kappa shape index (κ3) is 3.91. The SMILES string of the molecule is COc1ccccc1CCNC(=O)C1(C)c2ccccc2C(=O)N1CC(OC)OC. The lowest BCUT2D eigenvalue weighted by Crippen LogP contribution is -2.55. The highest BCUT2D eigenvalue weighted by atomic mass is 16.7. The number of rotatable bonds is 9. The summed E-state index contributed by atoms with van der Waals surface area (Å²) in [5.41, 5.74) is 1.04. The zero-order valence-corrected chi connectivity index (χ0v) is 17.8. The van der Waals surface area contributed by atoms with E-state index in [1.54, 1.807) is 26.2 Å². The molecular formula is C23H28N2O5. The van der Waals surface area contributed by atoms with Gasteiger partial charge in [0.1, 0.15) is 11.3 Å². The number of carbonyl (C=O) groups is 2. The molecule has 0 radical (unpaired) electrons. The van der Waals surface area contributed by atoms with Gasteiger partial charge in [-0.3, -0.25) is 9.59 Å². The molecule has 0 aliphatic carbocycles. The average Bonchev–Trinajstić information content (AvgIpc) is 3.00. The molecule has 3 rings (SSSR count). The van der Waals surface area contributed by atoms with Gasteiger partial charge < -0.3 is 24.4 Å². The number of para-hydroxylation sites is 1. The monoisotopic (exact) mass is 412 g/mol. The Morgan fingerprint density at radius 3 is 2.43 bits per heavy atom. The molecule has 0 fully saturated rings. The Bertz CT molecular complexity index is 912. The number of nitrogens with one attached hydrogen (secondary N) is 1. The van der Waals surface area contributed by atoms with Crippen molar-refractivity contribution in [3.63, 3.8) is 0 Å². The van der Waals surface area contributed by atoms with Crippen LogP contribution in [0.1, 0.15) is 28.4 Å². The number of hydrogen-bond donors (Lipinski definition) is 1. The fourth-order valence-electron chi connectivity index (χ4n) is 3.89. The quantitative estimate of drug-likeness (QED) is 0.640. The van der Waals surface area contributed by atoms with E-state index in [9.17, 15) is 9.59 Å². The Labute approximate surface area is 176 Å². The zero-order valence-electron chi connectivity index (χ0n) is 17.8. The molecule has 1 aliphatic rings. The number of amides is 2. The summed E-state index contributed by atoms with van der Waals surface area (Å²) < 4.78 is 15.9. The minimum Gasteiger partial charge on any atom is -0.496 e. The van der Waals surface area contributed by atoms with Crippen LogP contribution in [0.2, 0.25) is 0 Å². The maximum absolute atomic E-state index is 13.4. The molecular weight excluding hydrogens is 384 g/mol. The van der Waals surface area contributed by atoms with Crippen LogP contribution < -0.4 is 10.1 Å². The second-order valence-corrected chi connectivity index (χ2v) is 7.25. The molecule has 2 aromatic carbocycles. The number of benzene rings is 2. The standard InChI is InChI=1S/C23H28N2O5/c1-23(22(27)24-14-13-16-9-5-8-12-19(16)28-2)18-11-7-6-10-17(18)21(26)25(23)15-20(29-3)30-4/h5-12,20H,13-15H2,1-4H3,(H,24,27). The first-order valence-electron chi connectivity index (χ1n) is 9.84. The zero-order chi connectivity index (χ0) is 21.7. The Morgan fingerprint density at radius 1 is 1.07 bits per heavy atom. The van der Waals surface area contributed by atoms with E-state index >= 15 is 0 Å². The van der Waals surface area contributed by atoms with Crippen molar-refractivity contribution in [1.29, 1.82) is 0 Å². The first kappa shape index (κ1) is 21.8. The molecule has 1 unspecified atom stereocenters. The highest BCUT2D eigenvalue weighted by Gasteiger charge is 2.51. The van der Waals surface area contributed by atoms with Gasteiger partial charge in [0.2, 0.25) is 5.91 Å². The van der Waals surface area contributed by atoms with Gasteiger partial charge in [-0.1, -0.05) is 36.4 Å². The van der Waals surface area contributed by atoms with Gasteiger partial charge >= 0.3 is 0 Å². The van der Waals surface area contributed by atoms with Gasteiger partial charge in [-0.25, -0.2) is 0 Å². The van der Waals surface area contributed by atoms with Gasteiger partial charge in [-0.2, -0.15) is 0 Å². The Morgan fingerprint density at radius 2 is 1.73 bits per heavy atom. The lowest BCUT2D eigenvalue weighted by molar-refractivity contribution is -0.140. The van der Waals surface area contributed by atoms with Gasteiger partial charge in [0.05, 0.1) is 13.7 Å².